The van der Waals surface area contributed by atoms with Crippen molar-refractivity contribution in [3.05, 3.63) is 59.1 Å². The van der Waals surface area contributed by atoms with Crippen LogP contribution in [0.5, 0.6) is 5.75 Å². The molecule has 0 saturated heterocycles. The van der Waals surface area contributed by atoms with Gasteiger partial charge in [-0.05, 0) is 36.8 Å². The standard InChI is InChI=1S/C22H23BrN2O2/c1-27-18-8-10-22-20(12-18)19-11-15(23)7-9-21(19)25(22)14-17(26)13-24-16-5-3-2-4-6-16/h2-6,8-12,15,17,24,26H,7,13-14H2,1H3. The summed E-state index contributed by atoms with van der Waals surface area (Å²) in [6, 6.07) is 16.1. The molecule has 1 aliphatic carbocycles. The number of halogens is 1. The highest BCUT2D eigenvalue weighted by molar-refractivity contribution is 9.09. The topological polar surface area (TPSA) is 46.4 Å². The van der Waals surface area contributed by atoms with Gasteiger partial charge in [0.2, 0.25) is 0 Å². The van der Waals surface area contributed by atoms with E-state index >= 15 is 0 Å². The van der Waals surface area contributed by atoms with Crippen LogP contribution in [0.15, 0.2) is 48.5 Å². The average molecular weight is 427 g/mol. The van der Waals surface area contributed by atoms with Gasteiger partial charge in [-0.3, -0.25) is 0 Å². The Labute approximate surface area is 166 Å². The van der Waals surface area contributed by atoms with Crippen molar-refractivity contribution in [2.24, 2.45) is 0 Å². The molecule has 1 aliphatic rings. The molecule has 4 rings (SSSR count). The maximum Gasteiger partial charge on any atom is 0.119 e. The summed E-state index contributed by atoms with van der Waals surface area (Å²) in [4.78, 5) is 0.333. The van der Waals surface area contributed by atoms with Gasteiger partial charge in [0.15, 0.2) is 0 Å². The largest absolute Gasteiger partial charge is 0.497 e. The second-order valence-corrected chi connectivity index (χ2v) is 7.99. The second kappa shape index (κ2) is 7.79. The molecule has 0 aliphatic heterocycles. The van der Waals surface area contributed by atoms with E-state index in [9.17, 15) is 5.11 Å². The Balaban J connectivity index is 1.66. The summed E-state index contributed by atoms with van der Waals surface area (Å²) in [5.74, 6) is 0.846. The van der Waals surface area contributed by atoms with E-state index in [4.69, 9.17) is 4.74 Å². The van der Waals surface area contributed by atoms with E-state index < -0.39 is 6.10 Å². The number of hydrogen-bond donors (Lipinski definition) is 2. The van der Waals surface area contributed by atoms with Crippen molar-refractivity contribution in [3.8, 4) is 5.75 Å². The summed E-state index contributed by atoms with van der Waals surface area (Å²) < 4.78 is 7.63. The van der Waals surface area contributed by atoms with E-state index in [-0.39, 0.29) is 0 Å². The summed E-state index contributed by atoms with van der Waals surface area (Å²) in [6.45, 7) is 1.04. The summed E-state index contributed by atoms with van der Waals surface area (Å²) in [5, 5.41) is 17.5. The molecule has 140 valence electrons. The van der Waals surface area contributed by atoms with Crippen LogP contribution in [-0.4, -0.2) is 34.3 Å². The molecule has 1 heterocycles. The minimum Gasteiger partial charge on any atom is -0.497 e. The Morgan fingerprint density at radius 1 is 1.26 bits per heavy atom. The molecule has 2 aromatic carbocycles. The number of benzene rings is 2. The van der Waals surface area contributed by atoms with Crippen LogP contribution in [0.25, 0.3) is 23.1 Å². The van der Waals surface area contributed by atoms with Gasteiger partial charge in [-0.15, -0.1) is 0 Å². The zero-order valence-electron chi connectivity index (χ0n) is 15.2. The average Bonchev–Trinajstić information content (AvgIpc) is 2.99. The number of nitrogens with zero attached hydrogens (tertiary/aromatic N) is 1. The van der Waals surface area contributed by atoms with Gasteiger partial charge in [0.05, 0.1) is 19.8 Å². The maximum atomic E-state index is 10.7. The first-order chi connectivity index (χ1) is 13.2. The highest BCUT2D eigenvalue weighted by atomic mass is 79.9. The third kappa shape index (κ3) is 3.75. The minimum absolute atomic E-state index is 0.333. The molecular formula is C22H23BrN2O2. The molecule has 2 N–H and O–H groups in total. The number of alkyl halides is 1. The number of hydrogen-bond acceptors (Lipinski definition) is 3. The predicted octanol–water partition coefficient (Wildman–Crippen LogP) is 2.85. The quantitative estimate of drug-likeness (QED) is 0.595. The smallest absolute Gasteiger partial charge is 0.119 e. The number of anilines is 1. The molecule has 0 spiro atoms. The molecule has 0 saturated carbocycles. The number of rotatable bonds is 6. The van der Waals surface area contributed by atoms with Crippen molar-refractivity contribution >= 4 is 44.7 Å². The number of para-hydroxylation sites is 1. The van der Waals surface area contributed by atoms with E-state index in [1.54, 1.807) is 7.11 Å². The van der Waals surface area contributed by atoms with Gasteiger partial charge in [0.25, 0.3) is 0 Å². The van der Waals surface area contributed by atoms with E-state index in [0.29, 0.717) is 17.9 Å². The summed E-state index contributed by atoms with van der Waals surface area (Å²) >= 11 is 3.70. The lowest BCUT2D eigenvalue weighted by Crippen LogP contribution is -2.36. The SMILES string of the molecule is COc1ccc2c(c1)c1c(n2CC(O)CNc2ccccc2)=CCC(Br)C=1. The number of ether oxygens (including phenoxy) is 1. The molecule has 1 aromatic heterocycles. The van der Waals surface area contributed by atoms with Gasteiger partial charge >= 0.3 is 0 Å². The number of methoxy groups -OCH3 is 1. The molecule has 4 nitrogen and oxygen atoms in total. The number of aliphatic hydroxyl groups excluding tert-OH is 1. The van der Waals surface area contributed by atoms with Crippen LogP contribution in [0.1, 0.15) is 6.42 Å². The first-order valence-corrected chi connectivity index (χ1v) is 10.1. The van der Waals surface area contributed by atoms with Crippen molar-refractivity contribution in [2.75, 3.05) is 19.0 Å². The van der Waals surface area contributed by atoms with E-state index in [2.05, 4.69) is 50.1 Å². The Hall–Kier alpha value is -2.24. The number of nitrogens with one attached hydrogen (secondary N) is 1. The van der Waals surface area contributed by atoms with Crippen LogP contribution in [0.4, 0.5) is 5.69 Å². The molecule has 0 fully saturated rings. The third-order valence-corrected chi connectivity index (χ3v) is 5.58. The fourth-order valence-corrected chi connectivity index (χ4v) is 4.09. The molecule has 2 atom stereocenters. The lowest BCUT2D eigenvalue weighted by atomic mass is 10.1. The molecule has 0 amide bonds. The van der Waals surface area contributed by atoms with Crippen molar-refractivity contribution in [2.45, 2.75) is 23.9 Å². The molecule has 0 radical (unpaired) electrons. The van der Waals surface area contributed by atoms with E-state index in [0.717, 1.165) is 28.8 Å². The molecule has 2 unspecified atom stereocenters. The van der Waals surface area contributed by atoms with Crippen LogP contribution in [0.3, 0.4) is 0 Å². The highest BCUT2D eigenvalue weighted by Gasteiger charge is 2.16. The van der Waals surface area contributed by atoms with E-state index in [1.807, 2.05) is 36.4 Å². The van der Waals surface area contributed by atoms with Gasteiger partial charge in [0.1, 0.15) is 5.75 Å². The first-order valence-electron chi connectivity index (χ1n) is 9.15. The van der Waals surface area contributed by atoms with Gasteiger partial charge in [0, 0.05) is 38.5 Å². The molecule has 0 bridgehead atoms. The van der Waals surface area contributed by atoms with Crippen LogP contribution < -0.4 is 20.6 Å². The van der Waals surface area contributed by atoms with Crippen LogP contribution >= 0.6 is 15.9 Å². The fraction of sp³-hybridized carbons (Fsp3) is 0.273. The van der Waals surface area contributed by atoms with E-state index in [1.165, 1.54) is 10.6 Å². The number of aromatic nitrogens is 1. The van der Waals surface area contributed by atoms with Gasteiger partial charge in [-0.1, -0.05) is 46.3 Å². The Morgan fingerprint density at radius 2 is 2.07 bits per heavy atom. The second-order valence-electron chi connectivity index (χ2n) is 6.82. The van der Waals surface area contributed by atoms with Crippen molar-refractivity contribution in [1.29, 1.82) is 0 Å². The monoisotopic (exact) mass is 426 g/mol. The summed E-state index contributed by atoms with van der Waals surface area (Å²) in [6.07, 6.45) is 4.95. The van der Waals surface area contributed by atoms with Crippen molar-refractivity contribution < 1.29 is 9.84 Å². The van der Waals surface area contributed by atoms with Gasteiger partial charge in [-0.25, -0.2) is 0 Å². The molecule has 5 heteroatoms. The van der Waals surface area contributed by atoms with Gasteiger partial charge in [-0.2, -0.15) is 0 Å². The first kappa shape index (κ1) is 18.1. The zero-order chi connectivity index (χ0) is 18.8. The lowest BCUT2D eigenvalue weighted by Gasteiger charge is -2.16. The minimum atomic E-state index is -0.498. The third-order valence-electron chi connectivity index (χ3n) is 4.94. The Morgan fingerprint density at radius 3 is 2.85 bits per heavy atom. The predicted molar refractivity (Wildman–Crippen MR) is 115 cm³/mol. The Bertz CT molecular complexity index is 1060. The highest BCUT2D eigenvalue weighted by Crippen LogP contribution is 2.20. The lowest BCUT2D eigenvalue weighted by molar-refractivity contribution is 0.167. The number of fused-ring (bicyclic) bond motifs is 3. The van der Waals surface area contributed by atoms with Crippen LogP contribution in [-0.2, 0) is 6.54 Å². The summed E-state index contributed by atoms with van der Waals surface area (Å²) in [7, 11) is 1.69. The normalized spacial score (nSPS) is 16.9. The van der Waals surface area contributed by atoms with Gasteiger partial charge < -0.3 is 19.7 Å². The summed E-state index contributed by atoms with van der Waals surface area (Å²) in [5.41, 5.74) is 2.14. The number of aliphatic hydroxyl groups is 1. The zero-order valence-corrected chi connectivity index (χ0v) is 16.8. The molecule has 27 heavy (non-hydrogen) atoms. The van der Waals surface area contributed by atoms with Crippen LogP contribution in [0.2, 0.25) is 0 Å². The fourth-order valence-electron chi connectivity index (χ4n) is 3.64. The van der Waals surface area contributed by atoms with Crippen molar-refractivity contribution in [3.63, 3.8) is 0 Å². The Kier molecular flexibility index (Phi) is 5.23. The maximum absolute atomic E-state index is 10.7. The van der Waals surface area contributed by atoms with Crippen molar-refractivity contribution in [1.82, 2.24) is 4.57 Å². The molecule has 3 aromatic rings. The van der Waals surface area contributed by atoms with Crippen LogP contribution in [0, 0.1) is 0 Å². The molecular weight excluding hydrogens is 404 g/mol.